The van der Waals surface area contributed by atoms with Crippen molar-refractivity contribution in [1.29, 1.82) is 0 Å². The van der Waals surface area contributed by atoms with Crippen LogP contribution in [0.1, 0.15) is 45.2 Å². The minimum atomic E-state index is -0.614. The smallest absolute Gasteiger partial charge is 0.245 e. The van der Waals surface area contributed by atoms with Crippen LogP contribution in [-0.2, 0) is 15.6 Å². The Labute approximate surface area is 144 Å². The minimum Gasteiger partial charge on any atom is -0.287 e. The SMILES string of the molecule is CCC1(c2cccnc2)C=CN(c2ccc(C(C)(C)C)cc2)C1=O. The van der Waals surface area contributed by atoms with Gasteiger partial charge in [-0.05, 0) is 47.2 Å². The Balaban J connectivity index is 1.93. The number of carbonyl (C=O) groups excluding carboxylic acids is 1. The molecule has 2 heterocycles. The van der Waals surface area contributed by atoms with Crippen molar-refractivity contribution in [2.75, 3.05) is 4.90 Å². The molecule has 3 nitrogen and oxygen atoms in total. The molecule has 124 valence electrons. The fraction of sp³-hybridized carbons (Fsp3) is 0.333. The zero-order valence-electron chi connectivity index (χ0n) is 14.8. The van der Waals surface area contributed by atoms with E-state index >= 15 is 0 Å². The molecule has 1 atom stereocenters. The van der Waals surface area contributed by atoms with Gasteiger partial charge in [-0.15, -0.1) is 0 Å². The highest BCUT2D eigenvalue weighted by atomic mass is 16.2. The van der Waals surface area contributed by atoms with Crippen molar-refractivity contribution in [2.45, 2.75) is 44.9 Å². The van der Waals surface area contributed by atoms with Crippen molar-refractivity contribution in [2.24, 2.45) is 0 Å². The monoisotopic (exact) mass is 320 g/mol. The number of rotatable bonds is 3. The number of hydrogen-bond acceptors (Lipinski definition) is 2. The molecule has 0 aliphatic carbocycles. The summed E-state index contributed by atoms with van der Waals surface area (Å²) in [6, 6.07) is 12.1. The highest BCUT2D eigenvalue weighted by molar-refractivity contribution is 6.06. The summed E-state index contributed by atoms with van der Waals surface area (Å²) >= 11 is 0. The van der Waals surface area contributed by atoms with E-state index in [2.05, 4.69) is 37.9 Å². The summed E-state index contributed by atoms with van der Waals surface area (Å²) in [7, 11) is 0. The normalized spacial score (nSPS) is 20.7. The van der Waals surface area contributed by atoms with E-state index in [0.717, 1.165) is 11.3 Å². The number of hydrogen-bond donors (Lipinski definition) is 0. The first kappa shape index (κ1) is 16.4. The zero-order valence-corrected chi connectivity index (χ0v) is 14.8. The molecule has 3 rings (SSSR count). The fourth-order valence-electron chi connectivity index (χ4n) is 3.20. The van der Waals surface area contributed by atoms with Crippen LogP contribution in [0, 0.1) is 0 Å². The molecule has 1 aromatic carbocycles. The minimum absolute atomic E-state index is 0.0847. The maximum absolute atomic E-state index is 13.2. The highest BCUT2D eigenvalue weighted by Gasteiger charge is 2.43. The van der Waals surface area contributed by atoms with E-state index in [1.165, 1.54) is 5.56 Å². The van der Waals surface area contributed by atoms with Gasteiger partial charge in [0, 0.05) is 24.3 Å². The van der Waals surface area contributed by atoms with Crippen molar-refractivity contribution in [1.82, 2.24) is 4.98 Å². The van der Waals surface area contributed by atoms with Crippen LogP contribution in [0.15, 0.2) is 61.1 Å². The Kier molecular flexibility index (Phi) is 4.04. The third-order valence-corrected chi connectivity index (χ3v) is 4.85. The summed E-state index contributed by atoms with van der Waals surface area (Å²) in [6.07, 6.45) is 8.14. The lowest BCUT2D eigenvalue weighted by Crippen LogP contribution is -2.38. The Morgan fingerprint density at radius 3 is 2.38 bits per heavy atom. The summed E-state index contributed by atoms with van der Waals surface area (Å²) in [5.41, 5.74) is 2.60. The largest absolute Gasteiger partial charge is 0.287 e. The van der Waals surface area contributed by atoms with Gasteiger partial charge in [-0.3, -0.25) is 14.7 Å². The topological polar surface area (TPSA) is 33.2 Å². The van der Waals surface area contributed by atoms with Crippen molar-refractivity contribution < 1.29 is 4.79 Å². The van der Waals surface area contributed by atoms with Gasteiger partial charge >= 0.3 is 0 Å². The Hall–Kier alpha value is -2.42. The third kappa shape index (κ3) is 2.64. The van der Waals surface area contributed by atoms with Gasteiger partial charge in [0.1, 0.15) is 0 Å². The van der Waals surface area contributed by atoms with Gasteiger partial charge in [0.25, 0.3) is 0 Å². The highest BCUT2D eigenvalue weighted by Crippen LogP contribution is 2.38. The number of aromatic nitrogens is 1. The molecule has 2 aromatic rings. The van der Waals surface area contributed by atoms with Crippen LogP contribution >= 0.6 is 0 Å². The maximum Gasteiger partial charge on any atom is 0.245 e. The number of nitrogens with zero attached hydrogens (tertiary/aromatic N) is 2. The van der Waals surface area contributed by atoms with E-state index in [1.54, 1.807) is 17.3 Å². The van der Waals surface area contributed by atoms with Gasteiger partial charge in [-0.2, -0.15) is 0 Å². The maximum atomic E-state index is 13.2. The zero-order chi connectivity index (χ0) is 17.4. The van der Waals surface area contributed by atoms with Crippen LogP contribution in [0.25, 0.3) is 0 Å². The second-order valence-corrected chi connectivity index (χ2v) is 7.35. The van der Waals surface area contributed by atoms with E-state index in [-0.39, 0.29) is 11.3 Å². The predicted octanol–water partition coefficient (Wildman–Crippen LogP) is 4.59. The lowest BCUT2D eigenvalue weighted by molar-refractivity contribution is -0.121. The molecule has 1 aliphatic rings. The summed E-state index contributed by atoms with van der Waals surface area (Å²) in [6.45, 7) is 8.61. The Morgan fingerprint density at radius 1 is 1.12 bits per heavy atom. The fourth-order valence-corrected chi connectivity index (χ4v) is 3.20. The number of carbonyl (C=O) groups is 1. The van der Waals surface area contributed by atoms with Gasteiger partial charge < -0.3 is 0 Å². The molecule has 0 saturated heterocycles. The second kappa shape index (κ2) is 5.90. The third-order valence-electron chi connectivity index (χ3n) is 4.85. The average molecular weight is 320 g/mol. The van der Waals surface area contributed by atoms with Crippen molar-refractivity contribution >= 4 is 11.6 Å². The molecule has 0 spiro atoms. The second-order valence-electron chi connectivity index (χ2n) is 7.35. The Bertz CT molecular complexity index is 757. The molecule has 1 aromatic heterocycles. The summed E-state index contributed by atoms with van der Waals surface area (Å²) in [5.74, 6) is 0.0847. The first-order valence-corrected chi connectivity index (χ1v) is 8.42. The molecule has 1 unspecified atom stereocenters. The van der Waals surface area contributed by atoms with Crippen LogP contribution in [0.2, 0.25) is 0 Å². The molecule has 3 heteroatoms. The first-order chi connectivity index (χ1) is 11.4. The molecular formula is C21H24N2O. The summed E-state index contributed by atoms with van der Waals surface area (Å²) in [4.78, 5) is 19.1. The van der Waals surface area contributed by atoms with Gasteiger partial charge in [-0.1, -0.05) is 45.9 Å². The van der Waals surface area contributed by atoms with Gasteiger partial charge in [0.15, 0.2) is 0 Å². The number of anilines is 1. The van der Waals surface area contributed by atoms with Crippen LogP contribution in [0.3, 0.4) is 0 Å². The van der Waals surface area contributed by atoms with Crippen LogP contribution in [0.5, 0.6) is 0 Å². The molecule has 0 saturated carbocycles. The van der Waals surface area contributed by atoms with Gasteiger partial charge in [0.2, 0.25) is 5.91 Å². The lowest BCUT2D eigenvalue weighted by Gasteiger charge is -2.27. The molecule has 1 amide bonds. The van der Waals surface area contributed by atoms with E-state index < -0.39 is 5.41 Å². The molecule has 1 aliphatic heterocycles. The van der Waals surface area contributed by atoms with E-state index in [4.69, 9.17) is 0 Å². The number of pyridine rings is 1. The number of benzene rings is 1. The van der Waals surface area contributed by atoms with Crippen LogP contribution in [0.4, 0.5) is 5.69 Å². The van der Waals surface area contributed by atoms with Crippen molar-refractivity contribution in [3.8, 4) is 0 Å². The summed E-state index contributed by atoms with van der Waals surface area (Å²) in [5, 5.41) is 0. The predicted molar refractivity (Wildman–Crippen MR) is 98.0 cm³/mol. The van der Waals surface area contributed by atoms with Gasteiger partial charge in [-0.25, -0.2) is 0 Å². The van der Waals surface area contributed by atoms with Crippen molar-refractivity contribution in [3.05, 3.63) is 72.2 Å². The van der Waals surface area contributed by atoms with E-state index in [1.807, 2.05) is 43.5 Å². The summed E-state index contributed by atoms with van der Waals surface area (Å²) < 4.78 is 0. The molecule has 0 radical (unpaired) electrons. The average Bonchev–Trinajstić information content (AvgIpc) is 2.93. The standard InChI is InChI=1S/C21H24N2O/c1-5-21(17-7-6-13-22-15-17)12-14-23(19(21)24)18-10-8-16(9-11-18)20(2,3)4/h6-15H,5H2,1-4H3. The van der Waals surface area contributed by atoms with E-state index in [0.29, 0.717) is 6.42 Å². The molecule has 0 fully saturated rings. The number of amides is 1. The lowest BCUT2D eigenvalue weighted by atomic mass is 9.79. The van der Waals surface area contributed by atoms with Crippen LogP contribution in [-0.4, -0.2) is 10.9 Å². The quantitative estimate of drug-likeness (QED) is 0.829. The molecule has 24 heavy (non-hydrogen) atoms. The van der Waals surface area contributed by atoms with Crippen LogP contribution < -0.4 is 4.90 Å². The first-order valence-electron chi connectivity index (χ1n) is 8.42. The van der Waals surface area contributed by atoms with Gasteiger partial charge in [0.05, 0.1) is 5.41 Å². The Morgan fingerprint density at radius 2 is 1.83 bits per heavy atom. The molecule has 0 N–H and O–H groups in total. The molecular weight excluding hydrogens is 296 g/mol. The molecule has 0 bridgehead atoms. The van der Waals surface area contributed by atoms with Crippen molar-refractivity contribution in [3.63, 3.8) is 0 Å². The van der Waals surface area contributed by atoms with E-state index in [9.17, 15) is 4.79 Å².